The van der Waals surface area contributed by atoms with Crippen LogP contribution in [0.4, 0.5) is 0 Å². The Hall–Kier alpha value is -1.59. The highest BCUT2D eigenvalue weighted by molar-refractivity contribution is 6.31. The van der Waals surface area contributed by atoms with Crippen molar-refractivity contribution in [3.05, 3.63) is 41.3 Å². The highest BCUT2D eigenvalue weighted by Gasteiger charge is 2.12. The van der Waals surface area contributed by atoms with Gasteiger partial charge < -0.3 is 9.09 Å². The number of nitrogens with zero attached hydrogens (tertiary/aromatic N) is 4. The van der Waals surface area contributed by atoms with Crippen molar-refractivity contribution in [2.24, 2.45) is 0 Å². The molecular formula is C11H8Cl2N4O. The average molecular weight is 283 g/mol. The summed E-state index contributed by atoms with van der Waals surface area (Å²) in [7, 11) is 0. The predicted molar refractivity (Wildman–Crippen MR) is 67.7 cm³/mol. The number of fused-ring (bicyclic) bond motifs is 1. The highest BCUT2D eigenvalue weighted by Crippen LogP contribution is 2.22. The number of benzene rings is 1. The monoisotopic (exact) mass is 282 g/mol. The van der Waals surface area contributed by atoms with Crippen LogP contribution in [0.1, 0.15) is 11.6 Å². The fourth-order valence-corrected chi connectivity index (χ4v) is 2.21. The van der Waals surface area contributed by atoms with Gasteiger partial charge in [-0.05, 0) is 18.2 Å². The van der Waals surface area contributed by atoms with Gasteiger partial charge in [0.25, 0.3) is 0 Å². The average Bonchev–Trinajstić information content (AvgIpc) is 2.97. The first-order valence-corrected chi connectivity index (χ1v) is 6.15. The van der Waals surface area contributed by atoms with Gasteiger partial charge >= 0.3 is 0 Å². The Morgan fingerprint density at radius 3 is 2.94 bits per heavy atom. The molecule has 0 saturated carbocycles. The van der Waals surface area contributed by atoms with Gasteiger partial charge in [-0.1, -0.05) is 16.8 Å². The lowest BCUT2D eigenvalue weighted by atomic mass is 10.3. The number of hydrogen-bond acceptors (Lipinski definition) is 4. The summed E-state index contributed by atoms with van der Waals surface area (Å²) in [6, 6.07) is 5.52. The highest BCUT2D eigenvalue weighted by atomic mass is 35.5. The summed E-state index contributed by atoms with van der Waals surface area (Å²) < 4.78 is 6.67. The van der Waals surface area contributed by atoms with Crippen LogP contribution < -0.4 is 0 Å². The fourth-order valence-electron chi connectivity index (χ4n) is 1.83. The molecule has 0 atom stereocenters. The van der Waals surface area contributed by atoms with E-state index in [4.69, 9.17) is 27.7 Å². The van der Waals surface area contributed by atoms with E-state index in [2.05, 4.69) is 15.1 Å². The zero-order chi connectivity index (χ0) is 12.5. The maximum absolute atomic E-state index is 5.94. The van der Waals surface area contributed by atoms with Gasteiger partial charge in [-0.25, -0.2) is 4.98 Å². The molecule has 0 aliphatic rings. The molecule has 1 aromatic carbocycles. The molecule has 0 fully saturated rings. The lowest BCUT2D eigenvalue weighted by Gasteiger charge is -2.03. The SMILES string of the molecule is ClCc1nc2cc(Cl)ccc2n1Cc1ncon1. The minimum absolute atomic E-state index is 0.310. The van der Waals surface area contributed by atoms with Crippen molar-refractivity contribution >= 4 is 34.2 Å². The Balaban J connectivity index is 2.13. The number of aromatic nitrogens is 4. The number of hydrogen-bond donors (Lipinski definition) is 0. The van der Waals surface area contributed by atoms with Crippen molar-refractivity contribution in [1.29, 1.82) is 0 Å². The first-order chi connectivity index (χ1) is 8.78. The third-order valence-electron chi connectivity index (χ3n) is 2.62. The Bertz CT molecular complexity index is 678. The summed E-state index contributed by atoms with van der Waals surface area (Å²) in [6.07, 6.45) is 1.30. The van der Waals surface area contributed by atoms with Gasteiger partial charge in [0.1, 0.15) is 5.82 Å². The van der Waals surface area contributed by atoms with Gasteiger partial charge in [0.2, 0.25) is 6.39 Å². The second kappa shape index (κ2) is 4.59. The van der Waals surface area contributed by atoms with E-state index < -0.39 is 0 Å². The molecule has 92 valence electrons. The molecule has 5 nitrogen and oxygen atoms in total. The molecule has 0 N–H and O–H groups in total. The molecule has 3 aromatic rings. The molecule has 3 rings (SSSR count). The smallest absolute Gasteiger partial charge is 0.213 e. The molecule has 7 heteroatoms. The third kappa shape index (κ3) is 1.95. The second-order valence-corrected chi connectivity index (χ2v) is 4.43. The van der Waals surface area contributed by atoms with Crippen LogP contribution in [0.3, 0.4) is 0 Å². The van der Waals surface area contributed by atoms with E-state index >= 15 is 0 Å². The Morgan fingerprint density at radius 2 is 2.22 bits per heavy atom. The van der Waals surface area contributed by atoms with E-state index in [-0.39, 0.29) is 0 Å². The van der Waals surface area contributed by atoms with Crippen LogP contribution in [0.5, 0.6) is 0 Å². The molecular weight excluding hydrogens is 275 g/mol. The van der Waals surface area contributed by atoms with E-state index in [0.29, 0.717) is 23.3 Å². The van der Waals surface area contributed by atoms with Crippen LogP contribution in [0.15, 0.2) is 29.1 Å². The Morgan fingerprint density at radius 1 is 1.33 bits per heavy atom. The van der Waals surface area contributed by atoms with Crippen LogP contribution in [0.25, 0.3) is 11.0 Å². The summed E-state index contributed by atoms with van der Waals surface area (Å²) in [5, 5.41) is 4.43. The molecule has 0 saturated heterocycles. The van der Waals surface area contributed by atoms with Crippen LogP contribution in [0, 0.1) is 0 Å². The standard InChI is InChI=1S/C11H8Cl2N4O/c12-4-11-15-8-3-7(13)1-2-9(8)17(11)5-10-14-6-18-16-10/h1-3,6H,4-5H2. The normalized spacial score (nSPS) is 11.2. The summed E-state index contributed by atoms with van der Waals surface area (Å²) >= 11 is 11.8. The molecule has 0 amide bonds. The number of alkyl halides is 1. The fraction of sp³-hybridized carbons (Fsp3) is 0.182. The number of halogens is 2. The summed E-state index contributed by atoms with van der Waals surface area (Å²) in [4.78, 5) is 8.43. The quantitative estimate of drug-likeness (QED) is 0.693. The molecule has 0 spiro atoms. The van der Waals surface area contributed by atoms with Crippen molar-refractivity contribution in [2.75, 3.05) is 0 Å². The van der Waals surface area contributed by atoms with Crippen molar-refractivity contribution in [1.82, 2.24) is 19.7 Å². The number of rotatable bonds is 3. The zero-order valence-corrected chi connectivity index (χ0v) is 10.7. The Labute approximate surface area is 112 Å². The van der Waals surface area contributed by atoms with E-state index in [9.17, 15) is 0 Å². The van der Waals surface area contributed by atoms with Crippen molar-refractivity contribution in [2.45, 2.75) is 12.4 Å². The molecule has 2 heterocycles. The van der Waals surface area contributed by atoms with Crippen molar-refractivity contribution < 1.29 is 4.52 Å². The maximum atomic E-state index is 5.94. The minimum Gasteiger partial charge on any atom is -0.343 e. The van der Waals surface area contributed by atoms with Crippen molar-refractivity contribution in [3.8, 4) is 0 Å². The van der Waals surface area contributed by atoms with Crippen molar-refractivity contribution in [3.63, 3.8) is 0 Å². The van der Waals surface area contributed by atoms with Gasteiger partial charge in [0.15, 0.2) is 5.82 Å². The largest absolute Gasteiger partial charge is 0.343 e. The predicted octanol–water partition coefficient (Wildman–Crippen LogP) is 2.86. The van der Waals surface area contributed by atoms with E-state index in [0.717, 1.165) is 16.9 Å². The van der Waals surface area contributed by atoms with E-state index in [1.165, 1.54) is 6.39 Å². The topological polar surface area (TPSA) is 56.7 Å². The van der Waals surface area contributed by atoms with Gasteiger partial charge in [0, 0.05) is 5.02 Å². The van der Waals surface area contributed by atoms with Crippen LogP contribution in [-0.4, -0.2) is 19.7 Å². The molecule has 0 radical (unpaired) electrons. The van der Waals surface area contributed by atoms with Crippen LogP contribution in [0.2, 0.25) is 5.02 Å². The van der Waals surface area contributed by atoms with Gasteiger partial charge in [0.05, 0.1) is 23.5 Å². The van der Waals surface area contributed by atoms with Crippen LogP contribution >= 0.6 is 23.2 Å². The van der Waals surface area contributed by atoms with Gasteiger partial charge in [-0.3, -0.25) is 0 Å². The summed E-state index contributed by atoms with van der Waals surface area (Å²) in [5.74, 6) is 1.64. The van der Waals surface area contributed by atoms with Crippen LogP contribution in [-0.2, 0) is 12.4 Å². The summed E-state index contributed by atoms with van der Waals surface area (Å²) in [6.45, 7) is 0.469. The lowest BCUT2D eigenvalue weighted by molar-refractivity contribution is 0.408. The molecule has 0 aliphatic carbocycles. The molecule has 18 heavy (non-hydrogen) atoms. The molecule has 0 unspecified atom stereocenters. The van der Waals surface area contributed by atoms with E-state index in [1.54, 1.807) is 6.07 Å². The van der Waals surface area contributed by atoms with E-state index in [1.807, 2.05) is 16.7 Å². The molecule has 0 bridgehead atoms. The third-order valence-corrected chi connectivity index (χ3v) is 3.09. The Kier molecular flexibility index (Phi) is 2.93. The minimum atomic E-state index is 0.310. The molecule has 0 aliphatic heterocycles. The summed E-state index contributed by atoms with van der Waals surface area (Å²) in [5.41, 5.74) is 1.75. The van der Waals surface area contributed by atoms with Gasteiger partial charge in [-0.15, -0.1) is 11.6 Å². The number of imidazole rings is 1. The van der Waals surface area contributed by atoms with Gasteiger partial charge in [-0.2, -0.15) is 4.98 Å². The first kappa shape index (κ1) is 11.5. The molecule has 2 aromatic heterocycles. The lowest BCUT2D eigenvalue weighted by Crippen LogP contribution is -2.05. The zero-order valence-electron chi connectivity index (χ0n) is 9.18. The second-order valence-electron chi connectivity index (χ2n) is 3.73. The maximum Gasteiger partial charge on any atom is 0.213 e. The first-order valence-electron chi connectivity index (χ1n) is 5.24.